The molecule has 0 atom stereocenters. The van der Waals surface area contributed by atoms with Gasteiger partial charge in [0, 0.05) is 0 Å². The number of ether oxygens (including phenoxy) is 1. The first kappa shape index (κ1) is 21.5. The van der Waals surface area contributed by atoms with Crippen molar-refractivity contribution in [3.05, 3.63) is 73.1 Å². The minimum absolute atomic E-state index is 0.0930. The standard InChI is InChI=1S/C19H12Br2Cl2N2O2/c1-2-6-27-18-13(20)8-11(9-14(18)21)7-12(10-24)19(26)25-16-5-3-4-15(22)17(16)23/h2-5,7-9H,1,6H2,(H,25,26)/b12-7+. The van der Waals surface area contributed by atoms with Crippen LogP contribution in [-0.4, -0.2) is 12.5 Å². The quantitative estimate of drug-likeness (QED) is 0.259. The van der Waals surface area contributed by atoms with Crippen LogP contribution in [0.1, 0.15) is 5.56 Å². The Bertz CT molecular complexity index is 946. The molecule has 2 rings (SSSR count). The Morgan fingerprint density at radius 3 is 2.56 bits per heavy atom. The van der Waals surface area contributed by atoms with Gasteiger partial charge in [0.2, 0.25) is 0 Å². The second kappa shape index (κ2) is 9.95. The Labute approximate surface area is 183 Å². The van der Waals surface area contributed by atoms with Crippen molar-refractivity contribution in [3.8, 4) is 11.8 Å². The number of halogens is 4. The summed E-state index contributed by atoms with van der Waals surface area (Å²) in [7, 11) is 0. The predicted octanol–water partition coefficient (Wildman–Crippen LogP) is 6.63. The number of carbonyl (C=O) groups is 1. The number of nitrogens with zero attached hydrogens (tertiary/aromatic N) is 1. The maximum atomic E-state index is 12.4. The summed E-state index contributed by atoms with van der Waals surface area (Å²) in [5.41, 5.74) is 0.860. The molecular weight excluding hydrogens is 519 g/mol. The fraction of sp³-hybridized carbons (Fsp3) is 0.0526. The first-order valence-electron chi connectivity index (χ1n) is 7.47. The van der Waals surface area contributed by atoms with Gasteiger partial charge in [0.15, 0.2) is 0 Å². The molecule has 0 saturated carbocycles. The smallest absolute Gasteiger partial charge is 0.266 e. The first-order valence-corrected chi connectivity index (χ1v) is 9.81. The summed E-state index contributed by atoms with van der Waals surface area (Å²) in [5, 5.41) is 12.5. The zero-order valence-corrected chi connectivity index (χ0v) is 18.4. The number of hydrogen-bond donors (Lipinski definition) is 1. The number of hydrogen-bond acceptors (Lipinski definition) is 3. The second-order valence-electron chi connectivity index (χ2n) is 5.14. The fourth-order valence-corrected chi connectivity index (χ4v) is 3.85. The number of amides is 1. The molecule has 1 amide bonds. The Balaban J connectivity index is 2.30. The highest BCUT2D eigenvalue weighted by Gasteiger charge is 2.14. The molecular formula is C19H12Br2Cl2N2O2. The van der Waals surface area contributed by atoms with Crippen LogP contribution in [0.5, 0.6) is 5.75 Å². The highest BCUT2D eigenvalue weighted by molar-refractivity contribution is 9.11. The summed E-state index contributed by atoms with van der Waals surface area (Å²) in [6.45, 7) is 3.95. The van der Waals surface area contributed by atoms with Crippen molar-refractivity contribution < 1.29 is 9.53 Å². The Morgan fingerprint density at radius 2 is 1.96 bits per heavy atom. The van der Waals surface area contributed by atoms with E-state index in [9.17, 15) is 10.1 Å². The molecule has 4 nitrogen and oxygen atoms in total. The highest BCUT2D eigenvalue weighted by Crippen LogP contribution is 2.35. The van der Waals surface area contributed by atoms with Crippen LogP contribution in [0.3, 0.4) is 0 Å². The van der Waals surface area contributed by atoms with Gasteiger partial charge in [0.25, 0.3) is 5.91 Å². The van der Waals surface area contributed by atoms with Gasteiger partial charge >= 0.3 is 0 Å². The third-order valence-electron chi connectivity index (χ3n) is 3.24. The van der Waals surface area contributed by atoms with Crippen LogP contribution in [-0.2, 0) is 4.79 Å². The van der Waals surface area contributed by atoms with Gasteiger partial charge in [-0.2, -0.15) is 5.26 Å². The molecule has 0 spiro atoms. The van der Waals surface area contributed by atoms with Crippen LogP contribution in [0, 0.1) is 11.3 Å². The number of carbonyl (C=O) groups excluding carboxylic acids is 1. The predicted molar refractivity (Wildman–Crippen MR) is 116 cm³/mol. The highest BCUT2D eigenvalue weighted by atomic mass is 79.9. The van der Waals surface area contributed by atoms with Gasteiger partial charge in [-0.15, -0.1) is 0 Å². The summed E-state index contributed by atoms with van der Waals surface area (Å²) in [5.74, 6) is 0.00149. The molecule has 0 unspecified atom stereocenters. The van der Waals surface area contributed by atoms with Crippen LogP contribution in [0.15, 0.2) is 57.5 Å². The molecule has 0 bridgehead atoms. The van der Waals surface area contributed by atoms with Crippen molar-refractivity contribution in [1.82, 2.24) is 0 Å². The van der Waals surface area contributed by atoms with Crippen LogP contribution < -0.4 is 10.1 Å². The molecule has 0 fully saturated rings. The fourth-order valence-electron chi connectivity index (χ4n) is 2.05. The van der Waals surface area contributed by atoms with Crippen molar-refractivity contribution in [2.24, 2.45) is 0 Å². The van der Waals surface area contributed by atoms with E-state index in [1.807, 2.05) is 6.07 Å². The second-order valence-corrected chi connectivity index (χ2v) is 7.63. The molecule has 0 aliphatic heterocycles. The lowest BCUT2D eigenvalue weighted by Crippen LogP contribution is -2.13. The van der Waals surface area contributed by atoms with Crippen molar-refractivity contribution >= 4 is 72.7 Å². The van der Waals surface area contributed by atoms with Crippen molar-refractivity contribution in [2.45, 2.75) is 0 Å². The molecule has 0 heterocycles. The molecule has 0 aromatic heterocycles. The lowest BCUT2D eigenvalue weighted by molar-refractivity contribution is -0.112. The largest absolute Gasteiger partial charge is 0.487 e. The average Bonchev–Trinajstić information content (AvgIpc) is 2.62. The first-order chi connectivity index (χ1) is 12.9. The summed E-state index contributed by atoms with van der Waals surface area (Å²) < 4.78 is 6.88. The van der Waals surface area contributed by atoms with Crippen LogP contribution in [0.4, 0.5) is 5.69 Å². The number of rotatable bonds is 6. The third-order valence-corrected chi connectivity index (χ3v) is 5.24. The van der Waals surface area contributed by atoms with E-state index in [1.165, 1.54) is 6.08 Å². The summed E-state index contributed by atoms with van der Waals surface area (Å²) in [6.07, 6.45) is 3.09. The number of nitrogens with one attached hydrogen (secondary N) is 1. The van der Waals surface area contributed by atoms with Crippen molar-refractivity contribution in [2.75, 3.05) is 11.9 Å². The van der Waals surface area contributed by atoms with Crippen LogP contribution in [0.2, 0.25) is 10.0 Å². The molecule has 0 aliphatic carbocycles. The Kier molecular flexibility index (Phi) is 7.93. The monoisotopic (exact) mass is 528 g/mol. The zero-order valence-electron chi connectivity index (χ0n) is 13.7. The molecule has 0 radical (unpaired) electrons. The summed E-state index contributed by atoms with van der Waals surface area (Å²) >= 11 is 18.8. The molecule has 2 aromatic carbocycles. The van der Waals surface area contributed by atoms with E-state index in [2.05, 4.69) is 43.8 Å². The van der Waals surface area contributed by atoms with Crippen molar-refractivity contribution in [3.63, 3.8) is 0 Å². The zero-order chi connectivity index (χ0) is 20.0. The lowest BCUT2D eigenvalue weighted by Gasteiger charge is -2.10. The van der Waals surface area contributed by atoms with E-state index >= 15 is 0 Å². The van der Waals surface area contributed by atoms with Crippen molar-refractivity contribution in [1.29, 1.82) is 5.26 Å². The molecule has 2 aromatic rings. The van der Waals surface area contributed by atoms with Gasteiger partial charge in [0.05, 0.1) is 24.7 Å². The van der Waals surface area contributed by atoms with E-state index in [1.54, 1.807) is 36.4 Å². The van der Waals surface area contributed by atoms with E-state index in [0.717, 1.165) is 0 Å². The number of nitriles is 1. The van der Waals surface area contributed by atoms with Gasteiger partial charge in [-0.05, 0) is 67.8 Å². The van der Waals surface area contributed by atoms with Gasteiger partial charge in [0.1, 0.15) is 24.0 Å². The van der Waals surface area contributed by atoms with E-state index in [4.69, 9.17) is 27.9 Å². The summed E-state index contributed by atoms with van der Waals surface area (Å²) in [6, 6.07) is 10.2. The molecule has 138 valence electrons. The number of anilines is 1. The number of benzene rings is 2. The van der Waals surface area contributed by atoms with E-state index in [0.29, 0.717) is 37.6 Å². The van der Waals surface area contributed by atoms with Gasteiger partial charge in [-0.25, -0.2) is 0 Å². The maximum Gasteiger partial charge on any atom is 0.266 e. The molecule has 8 heteroatoms. The normalized spacial score (nSPS) is 10.9. The van der Waals surface area contributed by atoms with E-state index < -0.39 is 5.91 Å². The van der Waals surface area contributed by atoms with E-state index in [-0.39, 0.29) is 10.6 Å². The average molecular weight is 531 g/mol. The maximum absolute atomic E-state index is 12.4. The van der Waals surface area contributed by atoms with Crippen LogP contribution >= 0.6 is 55.1 Å². The molecule has 0 aliphatic rings. The van der Waals surface area contributed by atoms with Gasteiger partial charge in [-0.3, -0.25) is 4.79 Å². The minimum atomic E-state index is -0.596. The molecule has 27 heavy (non-hydrogen) atoms. The third kappa shape index (κ3) is 5.60. The minimum Gasteiger partial charge on any atom is -0.487 e. The van der Waals surface area contributed by atoms with Gasteiger partial charge in [-0.1, -0.05) is 41.9 Å². The SMILES string of the molecule is C=CCOc1c(Br)cc(/C=C(\C#N)C(=O)Nc2cccc(Cl)c2Cl)cc1Br. The molecule has 1 N–H and O–H groups in total. The Hall–Kier alpha value is -1.78. The lowest BCUT2D eigenvalue weighted by atomic mass is 10.1. The summed E-state index contributed by atoms with van der Waals surface area (Å²) in [4.78, 5) is 12.4. The Morgan fingerprint density at radius 1 is 1.30 bits per heavy atom. The van der Waals surface area contributed by atoms with Crippen LogP contribution in [0.25, 0.3) is 6.08 Å². The topological polar surface area (TPSA) is 62.1 Å². The molecule has 0 saturated heterocycles. The van der Waals surface area contributed by atoms with Gasteiger partial charge < -0.3 is 10.1 Å².